The van der Waals surface area contributed by atoms with Crippen LogP contribution in [0.1, 0.15) is 39.5 Å². The lowest BCUT2D eigenvalue weighted by molar-refractivity contribution is 0.0824. The molecule has 3 heterocycles. The van der Waals surface area contributed by atoms with Crippen molar-refractivity contribution in [3.05, 3.63) is 29.6 Å². The molecule has 0 aliphatic rings. The van der Waals surface area contributed by atoms with Crippen LogP contribution >= 0.6 is 11.6 Å². The fraction of sp³-hybridized carbons (Fsp3) is 0.550. The van der Waals surface area contributed by atoms with Gasteiger partial charge in [0.15, 0.2) is 5.82 Å². The summed E-state index contributed by atoms with van der Waals surface area (Å²) in [4.78, 5) is 17.2. The van der Waals surface area contributed by atoms with Crippen LogP contribution in [0.5, 0.6) is 0 Å². The van der Waals surface area contributed by atoms with Crippen LogP contribution in [0, 0.1) is 5.41 Å². The molecule has 0 amide bonds. The maximum Gasteiger partial charge on any atom is 0.225 e. The van der Waals surface area contributed by atoms with Gasteiger partial charge in [-0.1, -0.05) is 20.8 Å². The molecule has 0 aliphatic heterocycles. The molecule has 1 atom stereocenters. The van der Waals surface area contributed by atoms with Crippen LogP contribution in [-0.2, 0) is 15.7 Å². The largest absolute Gasteiger partial charge is 0.408 e. The van der Waals surface area contributed by atoms with E-state index in [0.717, 1.165) is 11.2 Å². The number of hydrogen-bond acceptors (Lipinski definition) is 8. The summed E-state index contributed by atoms with van der Waals surface area (Å²) >= 11 is 6.33. The minimum Gasteiger partial charge on any atom is -0.408 e. The fourth-order valence-electron chi connectivity index (χ4n) is 3.16. The number of fused-ring (bicyclic) bond motifs is 1. The molecule has 1 unspecified atom stereocenters. The number of ether oxygens (including phenoxy) is 1. The van der Waals surface area contributed by atoms with Gasteiger partial charge in [-0.05, 0) is 43.1 Å². The smallest absolute Gasteiger partial charge is 0.225 e. The van der Waals surface area contributed by atoms with Gasteiger partial charge in [-0.25, -0.2) is 15.0 Å². The Labute approximate surface area is 189 Å². The molecule has 1 radical (unpaired) electrons. The molecule has 0 spiro atoms. The standard InChI is InChI=1S/C20H29ClN7O2Si/c1-7-29-11-10-28-16-14(15(27-28)17(20(2,3)4)30-31(5)6)25-19(21)26-18(16)24-13-8-9-22-12-23-13/h8-9,12,17H,7,10-11H2,1-6H3,(H,22,23,24,25,26). The third kappa shape index (κ3) is 5.76. The van der Waals surface area contributed by atoms with Gasteiger partial charge in [-0.15, -0.1) is 0 Å². The number of rotatable bonds is 9. The van der Waals surface area contributed by atoms with Gasteiger partial charge in [0, 0.05) is 12.8 Å². The average molecular weight is 463 g/mol. The van der Waals surface area contributed by atoms with Gasteiger partial charge in [-0.2, -0.15) is 10.1 Å². The van der Waals surface area contributed by atoms with E-state index < -0.39 is 9.04 Å². The van der Waals surface area contributed by atoms with Gasteiger partial charge in [-0.3, -0.25) is 4.68 Å². The van der Waals surface area contributed by atoms with Crippen molar-refractivity contribution in [2.24, 2.45) is 5.41 Å². The van der Waals surface area contributed by atoms with E-state index in [4.69, 9.17) is 25.9 Å². The minimum atomic E-state index is -0.993. The topological polar surface area (TPSA) is 99.9 Å². The van der Waals surface area contributed by atoms with Crippen LogP contribution in [0.25, 0.3) is 11.0 Å². The lowest BCUT2D eigenvalue weighted by atomic mass is 9.87. The Morgan fingerprint density at radius 1 is 1.26 bits per heavy atom. The molecular formula is C20H29ClN7O2Si. The molecule has 3 rings (SSSR count). The fourth-order valence-corrected chi connectivity index (χ4v) is 4.27. The van der Waals surface area contributed by atoms with Gasteiger partial charge >= 0.3 is 0 Å². The first-order valence-electron chi connectivity index (χ1n) is 10.2. The van der Waals surface area contributed by atoms with E-state index >= 15 is 0 Å². The summed E-state index contributed by atoms with van der Waals surface area (Å²) in [6.07, 6.45) is 2.88. The average Bonchev–Trinajstić information content (AvgIpc) is 3.04. The van der Waals surface area contributed by atoms with E-state index in [-0.39, 0.29) is 16.8 Å². The normalized spacial score (nSPS) is 13.2. The summed E-state index contributed by atoms with van der Waals surface area (Å²) in [6.45, 7) is 14.3. The van der Waals surface area contributed by atoms with Crippen LogP contribution in [-0.4, -0.2) is 52.0 Å². The van der Waals surface area contributed by atoms with E-state index in [0.29, 0.717) is 36.9 Å². The van der Waals surface area contributed by atoms with Crippen LogP contribution < -0.4 is 5.32 Å². The third-order valence-electron chi connectivity index (χ3n) is 4.45. The van der Waals surface area contributed by atoms with Gasteiger partial charge in [0.25, 0.3) is 0 Å². The molecular weight excluding hydrogens is 434 g/mol. The highest BCUT2D eigenvalue weighted by atomic mass is 35.5. The van der Waals surface area contributed by atoms with Gasteiger partial charge in [0.05, 0.1) is 19.3 Å². The molecule has 3 aromatic heterocycles. The Morgan fingerprint density at radius 2 is 2.03 bits per heavy atom. The van der Waals surface area contributed by atoms with Crippen molar-refractivity contribution in [2.75, 3.05) is 18.5 Å². The second-order valence-corrected chi connectivity index (χ2v) is 10.7. The van der Waals surface area contributed by atoms with Crippen molar-refractivity contribution in [3.8, 4) is 0 Å². The molecule has 3 aromatic rings. The van der Waals surface area contributed by atoms with Crippen LogP contribution in [0.15, 0.2) is 18.6 Å². The Kier molecular flexibility index (Phi) is 7.58. The minimum absolute atomic E-state index is 0.126. The van der Waals surface area contributed by atoms with Gasteiger partial charge in [0.2, 0.25) is 14.3 Å². The zero-order valence-electron chi connectivity index (χ0n) is 18.8. The highest BCUT2D eigenvalue weighted by Crippen LogP contribution is 2.40. The van der Waals surface area contributed by atoms with Crippen LogP contribution in [0.2, 0.25) is 18.4 Å². The highest BCUT2D eigenvalue weighted by Gasteiger charge is 2.34. The van der Waals surface area contributed by atoms with Crippen molar-refractivity contribution in [2.45, 2.75) is 53.4 Å². The summed E-state index contributed by atoms with van der Waals surface area (Å²) in [6, 6.07) is 1.76. The predicted octanol–water partition coefficient (Wildman–Crippen LogP) is 4.40. The number of hydrogen-bond donors (Lipinski definition) is 1. The summed E-state index contributed by atoms with van der Waals surface area (Å²) in [5.41, 5.74) is 1.96. The van der Waals surface area contributed by atoms with E-state index in [9.17, 15) is 0 Å². The molecule has 0 fully saturated rings. The molecule has 9 nitrogen and oxygen atoms in total. The Bertz CT molecular complexity index is 1010. The first-order valence-corrected chi connectivity index (χ1v) is 13.0. The monoisotopic (exact) mass is 462 g/mol. The summed E-state index contributed by atoms with van der Waals surface area (Å²) in [7, 11) is -0.993. The Balaban J connectivity index is 2.19. The lowest BCUT2D eigenvalue weighted by Gasteiger charge is -2.31. The predicted molar refractivity (Wildman–Crippen MR) is 123 cm³/mol. The lowest BCUT2D eigenvalue weighted by Crippen LogP contribution is -2.26. The number of nitrogens with one attached hydrogen (secondary N) is 1. The Hall–Kier alpha value is -2.14. The molecule has 11 heteroatoms. The molecule has 0 aromatic carbocycles. The quantitative estimate of drug-likeness (QED) is 0.283. The van der Waals surface area contributed by atoms with E-state index in [1.54, 1.807) is 12.3 Å². The van der Waals surface area contributed by atoms with Crippen LogP contribution in [0.4, 0.5) is 11.6 Å². The maximum absolute atomic E-state index is 6.40. The summed E-state index contributed by atoms with van der Waals surface area (Å²) in [5, 5.41) is 8.27. The maximum atomic E-state index is 6.40. The van der Waals surface area contributed by atoms with Gasteiger partial charge < -0.3 is 14.5 Å². The number of aromatic nitrogens is 6. The molecule has 0 bridgehead atoms. The second-order valence-electron chi connectivity index (χ2n) is 8.34. The number of anilines is 2. The number of halogens is 1. The molecule has 0 saturated carbocycles. The zero-order chi connectivity index (χ0) is 22.6. The van der Waals surface area contributed by atoms with Crippen molar-refractivity contribution in [1.82, 2.24) is 29.7 Å². The van der Waals surface area contributed by atoms with E-state index in [2.05, 4.69) is 59.1 Å². The first kappa shape index (κ1) is 23.5. The molecule has 31 heavy (non-hydrogen) atoms. The summed E-state index contributed by atoms with van der Waals surface area (Å²) < 4.78 is 13.8. The highest BCUT2D eigenvalue weighted by molar-refractivity contribution is 6.48. The molecule has 0 aliphatic carbocycles. The Morgan fingerprint density at radius 3 is 2.65 bits per heavy atom. The number of nitrogens with zero attached hydrogens (tertiary/aromatic N) is 6. The second kappa shape index (κ2) is 9.99. The molecule has 0 saturated heterocycles. The van der Waals surface area contributed by atoms with Gasteiger partial charge in [0.1, 0.15) is 28.9 Å². The SMILES string of the molecule is CCOCCn1nc(C(O[Si](C)C)C(C)(C)C)c2nc(Cl)nc(Nc3ccncn3)c21. The van der Waals surface area contributed by atoms with Crippen LogP contribution in [0.3, 0.4) is 0 Å². The molecule has 167 valence electrons. The third-order valence-corrected chi connectivity index (χ3v) is 5.33. The first-order chi connectivity index (χ1) is 14.7. The van der Waals surface area contributed by atoms with Crippen molar-refractivity contribution < 1.29 is 9.16 Å². The molecule has 1 N–H and O–H groups in total. The van der Waals surface area contributed by atoms with E-state index in [1.165, 1.54) is 6.33 Å². The van der Waals surface area contributed by atoms with E-state index in [1.807, 2.05) is 11.6 Å². The zero-order valence-corrected chi connectivity index (χ0v) is 20.6. The van der Waals surface area contributed by atoms with Crippen molar-refractivity contribution in [1.29, 1.82) is 0 Å². The van der Waals surface area contributed by atoms with Crippen molar-refractivity contribution in [3.63, 3.8) is 0 Å². The van der Waals surface area contributed by atoms with Crippen molar-refractivity contribution >= 4 is 43.3 Å². The summed E-state index contributed by atoms with van der Waals surface area (Å²) in [5.74, 6) is 1.12.